The third-order valence-electron chi connectivity index (χ3n) is 4.43. The number of ether oxygens (including phenoxy) is 1. The number of benzene rings is 1. The van der Waals surface area contributed by atoms with Crippen molar-refractivity contribution in [2.24, 2.45) is 11.8 Å². The minimum atomic E-state index is 0.686. The first kappa shape index (κ1) is 14.4. The van der Waals surface area contributed by atoms with Gasteiger partial charge in [0.1, 0.15) is 5.75 Å². The van der Waals surface area contributed by atoms with Crippen molar-refractivity contribution in [3.63, 3.8) is 0 Å². The van der Waals surface area contributed by atoms with Crippen molar-refractivity contribution in [1.29, 1.82) is 0 Å². The van der Waals surface area contributed by atoms with Gasteiger partial charge in [0.05, 0.1) is 6.61 Å². The van der Waals surface area contributed by atoms with E-state index in [0.29, 0.717) is 6.04 Å². The second-order valence-corrected chi connectivity index (χ2v) is 5.89. The molecule has 1 N–H and O–H groups in total. The second kappa shape index (κ2) is 6.95. The lowest BCUT2D eigenvalue weighted by atomic mass is 9.98. The van der Waals surface area contributed by atoms with Crippen LogP contribution in [-0.4, -0.2) is 12.6 Å². The summed E-state index contributed by atoms with van der Waals surface area (Å²) in [5.74, 6) is 2.64. The molecule has 19 heavy (non-hydrogen) atoms. The number of rotatable bonds is 6. The third-order valence-corrected chi connectivity index (χ3v) is 4.43. The van der Waals surface area contributed by atoms with Gasteiger partial charge in [0.25, 0.3) is 0 Å². The highest BCUT2D eigenvalue weighted by Crippen LogP contribution is 2.31. The maximum atomic E-state index is 5.60. The third kappa shape index (κ3) is 3.97. The first-order valence-electron chi connectivity index (χ1n) is 7.65. The van der Waals surface area contributed by atoms with Gasteiger partial charge in [-0.1, -0.05) is 32.9 Å². The van der Waals surface area contributed by atoms with Gasteiger partial charge in [-0.05, 0) is 48.8 Å². The molecule has 0 radical (unpaired) electrons. The van der Waals surface area contributed by atoms with E-state index < -0.39 is 0 Å². The monoisotopic (exact) mass is 261 g/mol. The largest absolute Gasteiger partial charge is 0.494 e. The zero-order valence-corrected chi connectivity index (χ0v) is 12.5. The molecule has 0 aromatic heterocycles. The van der Waals surface area contributed by atoms with E-state index in [2.05, 4.69) is 50.4 Å². The smallest absolute Gasteiger partial charge is 0.119 e. The van der Waals surface area contributed by atoms with E-state index in [0.717, 1.165) is 37.2 Å². The molecule has 1 saturated carbocycles. The van der Waals surface area contributed by atoms with E-state index in [1.165, 1.54) is 18.4 Å². The van der Waals surface area contributed by atoms with Crippen LogP contribution in [0.1, 0.15) is 45.6 Å². The summed E-state index contributed by atoms with van der Waals surface area (Å²) >= 11 is 0. The zero-order chi connectivity index (χ0) is 13.7. The van der Waals surface area contributed by atoms with Gasteiger partial charge < -0.3 is 10.1 Å². The molecule has 1 aliphatic carbocycles. The lowest BCUT2D eigenvalue weighted by Gasteiger charge is -2.19. The Kier molecular flexibility index (Phi) is 5.26. The lowest BCUT2D eigenvalue weighted by molar-refractivity contribution is 0.317. The molecule has 3 atom stereocenters. The molecule has 1 aliphatic rings. The molecule has 0 heterocycles. The highest BCUT2D eigenvalue weighted by Gasteiger charge is 2.28. The molecule has 1 aromatic carbocycles. The predicted molar refractivity (Wildman–Crippen MR) is 80.4 cm³/mol. The van der Waals surface area contributed by atoms with Crippen molar-refractivity contribution >= 4 is 0 Å². The van der Waals surface area contributed by atoms with E-state index in [1.54, 1.807) is 0 Å². The van der Waals surface area contributed by atoms with Crippen molar-refractivity contribution in [2.45, 2.75) is 52.6 Å². The van der Waals surface area contributed by atoms with Crippen LogP contribution in [0.2, 0.25) is 0 Å². The maximum Gasteiger partial charge on any atom is 0.119 e. The topological polar surface area (TPSA) is 21.3 Å². The van der Waals surface area contributed by atoms with Crippen LogP contribution in [-0.2, 0) is 6.54 Å². The molecule has 2 rings (SSSR count). The summed E-state index contributed by atoms with van der Waals surface area (Å²) in [6.45, 7) is 8.64. The van der Waals surface area contributed by atoms with E-state index >= 15 is 0 Å². The first-order valence-corrected chi connectivity index (χ1v) is 7.65. The molecule has 3 unspecified atom stereocenters. The van der Waals surface area contributed by atoms with Crippen molar-refractivity contribution in [3.05, 3.63) is 29.8 Å². The predicted octanol–water partition coefficient (Wildman–Crippen LogP) is 4.00. The molecule has 0 bridgehead atoms. The van der Waals surface area contributed by atoms with Gasteiger partial charge in [0.2, 0.25) is 0 Å². The molecule has 2 heteroatoms. The molecule has 0 amide bonds. The van der Waals surface area contributed by atoms with Crippen molar-refractivity contribution < 1.29 is 4.74 Å². The quantitative estimate of drug-likeness (QED) is 0.835. The van der Waals surface area contributed by atoms with E-state index in [-0.39, 0.29) is 0 Å². The van der Waals surface area contributed by atoms with Gasteiger partial charge in [0, 0.05) is 12.6 Å². The van der Waals surface area contributed by atoms with Crippen LogP contribution >= 0.6 is 0 Å². The van der Waals surface area contributed by atoms with Gasteiger partial charge in [-0.25, -0.2) is 0 Å². The highest BCUT2D eigenvalue weighted by molar-refractivity contribution is 5.27. The summed E-state index contributed by atoms with van der Waals surface area (Å²) in [6, 6.07) is 9.18. The number of hydrogen-bond donors (Lipinski definition) is 1. The highest BCUT2D eigenvalue weighted by atomic mass is 16.5. The summed E-state index contributed by atoms with van der Waals surface area (Å²) in [6.07, 6.45) is 3.74. The Balaban J connectivity index is 1.80. The van der Waals surface area contributed by atoms with Crippen molar-refractivity contribution in [2.75, 3.05) is 6.61 Å². The lowest BCUT2D eigenvalue weighted by Crippen LogP contribution is -2.31. The Hall–Kier alpha value is -1.02. The fourth-order valence-corrected chi connectivity index (χ4v) is 2.83. The molecule has 106 valence electrons. The van der Waals surface area contributed by atoms with Crippen LogP contribution in [0, 0.1) is 11.8 Å². The first-order chi connectivity index (χ1) is 9.20. The summed E-state index contributed by atoms with van der Waals surface area (Å²) in [4.78, 5) is 0. The summed E-state index contributed by atoms with van der Waals surface area (Å²) < 4.78 is 5.60. The van der Waals surface area contributed by atoms with Crippen LogP contribution in [0.15, 0.2) is 24.3 Å². The van der Waals surface area contributed by atoms with Crippen LogP contribution in [0.3, 0.4) is 0 Å². The molecule has 2 nitrogen and oxygen atoms in total. The van der Waals surface area contributed by atoms with Gasteiger partial charge in [-0.2, -0.15) is 0 Å². The van der Waals surface area contributed by atoms with E-state index in [4.69, 9.17) is 4.74 Å². The molecular weight excluding hydrogens is 234 g/mol. The Morgan fingerprint density at radius 2 is 1.89 bits per heavy atom. The summed E-state index contributed by atoms with van der Waals surface area (Å²) in [5.41, 5.74) is 1.34. The van der Waals surface area contributed by atoms with E-state index in [9.17, 15) is 0 Å². The Morgan fingerprint density at radius 3 is 2.47 bits per heavy atom. The molecule has 0 spiro atoms. The average molecular weight is 261 g/mol. The molecule has 1 fully saturated rings. The van der Waals surface area contributed by atoms with Crippen LogP contribution in [0.25, 0.3) is 0 Å². The fourth-order valence-electron chi connectivity index (χ4n) is 2.83. The normalized spacial score (nSPS) is 26.6. The second-order valence-electron chi connectivity index (χ2n) is 5.89. The van der Waals surface area contributed by atoms with Crippen LogP contribution in [0.4, 0.5) is 0 Å². The van der Waals surface area contributed by atoms with Gasteiger partial charge in [-0.15, -0.1) is 0 Å². The van der Waals surface area contributed by atoms with Crippen molar-refractivity contribution in [1.82, 2.24) is 5.32 Å². The zero-order valence-electron chi connectivity index (χ0n) is 12.5. The molecule has 1 aromatic rings. The Morgan fingerprint density at radius 1 is 1.16 bits per heavy atom. The molecular formula is C17H27NO. The minimum Gasteiger partial charge on any atom is -0.494 e. The average Bonchev–Trinajstić information content (AvgIpc) is 2.75. The van der Waals surface area contributed by atoms with Crippen LogP contribution < -0.4 is 10.1 Å². The SMILES string of the molecule is CCCOc1ccc(CNC2CCC(C)C2C)cc1. The summed E-state index contributed by atoms with van der Waals surface area (Å²) in [5, 5.41) is 3.70. The number of nitrogens with one attached hydrogen (secondary N) is 1. The molecule has 0 aliphatic heterocycles. The van der Waals surface area contributed by atoms with Gasteiger partial charge in [-0.3, -0.25) is 0 Å². The number of hydrogen-bond acceptors (Lipinski definition) is 2. The Bertz CT molecular complexity index is 373. The Labute approximate surface area is 117 Å². The minimum absolute atomic E-state index is 0.686. The standard InChI is InChI=1S/C17H27NO/c1-4-11-19-16-8-6-15(7-9-16)12-18-17-10-5-13(2)14(17)3/h6-9,13-14,17-18H,4-5,10-12H2,1-3H3. The van der Waals surface area contributed by atoms with E-state index in [1.807, 2.05) is 0 Å². The van der Waals surface area contributed by atoms with Crippen molar-refractivity contribution in [3.8, 4) is 5.75 Å². The fraction of sp³-hybridized carbons (Fsp3) is 0.647. The van der Waals surface area contributed by atoms with Crippen LogP contribution in [0.5, 0.6) is 5.75 Å². The molecule has 0 saturated heterocycles. The van der Waals surface area contributed by atoms with Gasteiger partial charge >= 0.3 is 0 Å². The maximum absolute atomic E-state index is 5.60. The van der Waals surface area contributed by atoms with Gasteiger partial charge in [0.15, 0.2) is 0 Å². The summed E-state index contributed by atoms with van der Waals surface area (Å²) in [7, 11) is 0.